The van der Waals surface area contributed by atoms with E-state index < -0.39 is 0 Å². The van der Waals surface area contributed by atoms with Crippen molar-refractivity contribution >= 4 is 11.7 Å². The van der Waals surface area contributed by atoms with Gasteiger partial charge >= 0.3 is 5.97 Å². The van der Waals surface area contributed by atoms with Crippen molar-refractivity contribution in [1.82, 2.24) is 4.90 Å². The second-order valence-electron chi connectivity index (χ2n) is 5.16. The van der Waals surface area contributed by atoms with E-state index >= 15 is 0 Å². The summed E-state index contributed by atoms with van der Waals surface area (Å²) in [5.41, 5.74) is 2.26. The molecule has 2 rings (SSSR count). The quantitative estimate of drug-likeness (QED) is 0.473. The molecule has 6 heteroatoms. The Morgan fingerprint density at radius 3 is 2.95 bits per heavy atom. The number of hydrogen-bond acceptors (Lipinski definition) is 5. The molecule has 0 saturated carbocycles. The molecule has 6 nitrogen and oxygen atoms in total. The molecule has 0 radical (unpaired) electrons. The van der Waals surface area contributed by atoms with E-state index in [4.69, 9.17) is 4.74 Å². The van der Waals surface area contributed by atoms with Crippen molar-refractivity contribution in [2.75, 3.05) is 19.7 Å². The second-order valence-corrected chi connectivity index (χ2v) is 5.16. The lowest BCUT2D eigenvalue weighted by Gasteiger charge is -2.34. The maximum Gasteiger partial charge on any atom is 0.307 e. The maximum atomic E-state index is 11.4. The van der Waals surface area contributed by atoms with Gasteiger partial charge in [-0.3, -0.25) is 19.8 Å². The maximum absolute atomic E-state index is 11.4. The van der Waals surface area contributed by atoms with Crippen molar-refractivity contribution in [1.29, 1.82) is 0 Å². The molecule has 1 aliphatic rings. The van der Waals surface area contributed by atoms with Gasteiger partial charge in [-0.15, -0.1) is 0 Å². The minimum absolute atomic E-state index is 0.0723. The molecule has 0 aromatic heterocycles. The summed E-state index contributed by atoms with van der Waals surface area (Å²) in [6.07, 6.45) is 1.20. The zero-order chi connectivity index (χ0) is 15.4. The predicted octanol–water partition coefficient (Wildman–Crippen LogP) is 2.47. The summed E-state index contributed by atoms with van der Waals surface area (Å²) < 4.78 is 4.93. The van der Waals surface area contributed by atoms with Crippen LogP contribution in [0, 0.1) is 10.1 Å². The number of hydrogen-bond donors (Lipinski definition) is 0. The largest absolute Gasteiger partial charge is 0.466 e. The molecule has 0 bridgehead atoms. The van der Waals surface area contributed by atoms with E-state index in [1.54, 1.807) is 19.1 Å². The summed E-state index contributed by atoms with van der Waals surface area (Å²) in [5.74, 6) is -0.200. The zero-order valence-electron chi connectivity index (χ0n) is 12.4. The van der Waals surface area contributed by atoms with E-state index in [0.29, 0.717) is 19.6 Å². The summed E-state index contributed by atoms with van der Waals surface area (Å²) in [7, 11) is 0. The van der Waals surface area contributed by atoms with E-state index in [1.807, 2.05) is 13.0 Å². The van der Waals surface area contributed by atoms with E-state index in [9.17, 15) is 14.9 Å². The van der Waals surface area contributed by atoms with Crippen molar-refractivity contribution in [2.24, 2.45) is 0 Å². The summed E-state index contributed by atoms with van der Waals surface area (Å²) in [6, 6.07) is 5.12. The Bertz CT molecular complexity index is 544. The van der Waals surface area contributed by atoms with Gasteiger partial charge in [0.05, 0.1) is 18.0 Å². The highest BCUT2D eigenvalue weighted by Crippen LogP contribution is 2.32. The van der Waals surface area contributed by atoms with Gasteiger partial charge in [-0.1, -0.05) is 6.07 Å². The number of non-ortho nitro benzene ring substituents is 1. The van der Waals surface area contributed by atoms with Crippen LogP contribution in [0.4, 0.5) is 5.69 Å². The van der Waals surface area contributed by atoms with Crippen LogP contribution in [0.15, 0.2) is 18.2 Å². The molecule has 0 saturated heterocycles. The van der Waals surface area contributed by atoms with Crippen LogP contribution in [0.1, 0.15) is 37.4 Å². The summed E-state index contributed by atoms with van der Waals surface area (Å²) in [6.45, 7) is 5.67. The number of carbonyl (C=O) groups is 1. The first kappa shape index (κ1) is 15.4. The van der Waals surface area contributed by atoms with Gasteiger partial charge in [0.2, 0.25) is 0 Å². The molecule has 0 N–H and O–H groups in total. The van der Waals surface area contributed by atoms with Crippen molar-refractivity contribution in [3.05, 3.63) is 39.4 Å². The van der Waals surface area contributed by atoms with Gasteiger partial charge in [0.25, 0.3) is 5.69 Å². The third-order valence-electron chi connectivity index (χ3n) is 3.91. The van der Waals surface area contributed by atoms with Gasteiger partial charge in [-0.2, -0.15) is 0 Å². The molecule has 114 valence electrons. The first-order chi connectivity index (χ1) is 10.0. The molecule has 0 fully saturated rings. The Morgan fingerprint density at radius 2 is 2.29 bits per heavy atom. The van der Waals surface area contributed by atoms with Crippen molar-refractivity contribution < 1.29 is 14.5 Å². The summed E-state index contributed by atoms with van der Waals surface area (Å²) in [5, 5.41) is 10.9. The average Bonchev–Trinajstić information content (AvgIpc) is 2.46. The molecule has 1 unspecified atom stereocenters. The monoisotopic (exact) mass is 292 g/mol. The smallest absolute Gasteiger partial charge is 0.307 e. The van der Waals surface area contributed by atoms with E-state index in [-0.39, 0.29) is 22.6 Å². The molecular weight excluding hydrogens is 272 g/mol. The fraction of sp³-hybridized carbons (Fsp3) is 0.533. The predicted molar refractivity (Wildman–Crippen MR) is 78.0 cm³/mol. The van der Waals surface area contributed by atoms with Crippen LogP contribution in [0.3, 0.4) is 0 Å². The molecule has 1 aromatic carbocycles. The molecule has 1 atom stereocenters. The SMILES string of the molecule is CCOC(=O)CCN1CCc2ccc([N+](=O)[O-])cc2C1C. The van der Waals surface area contributed by atoms with Crippen LogP contribution in [0.25, 0.3) is 0 Å². The van der Waals surface area contributed by atoms with E-state index in [1.165, 1.54) is 0 Å². The molecule has 1 aliphatic heterocycles. The minimum Gasteiger partial charge on any atom is -0.466 e. The zero-order valence-corrected chi connectivity index (χ0v) is 12.4. The topological polar surface area (TPSA) is 72.7 Å². The Hall–Kier alpha value is -1.95. The van der Waals surface area contributed by atoms with Crippen molar-refractivity contribution in [3.63, 3.8) is 0 Å². The highest BCUT2D eigenvalue weighted by molar-refractivity contribution is 5.69. The third kappa shape index (κ3) is 3.58. The number of carbonyl (C=O) groups excluding carboxylic acids is 1. The number of nitrogens with zero attached hydrogens (tertiary/aromatic N) is 2. The first-order valence-electron chi connectivity index (χ1n) is 7.19. The standard InChI is InChI=1S/C15H20N2O4/c1-3-21-15(18)7-9-16-8-6-12-4-5-13(17(19)20)10-14(12)11(16)2/h4-5,10-11H,3,6-9H2,1-2H3. The Kier molecular flexibility index (Phi) is 4.90. The first-order valence-corrected chi connectivity index (χ1v) is 7.19. The fourth-order valence-corrected chi connectivity index (χ4v) is 2.74. The van der Waals surface area contributed by atoms with Crippen LogP contribution in [-0.2, 0) is 16.0 Å². The van der Waals surface area contributed by atoms with Gasteiger partial charge in [-0.25, -0.2) is 0 Å². The van der Waals surface area contributed by atoms with Gasteiger partial charge in [0.1, 0.15) is 0 Å². The molecule has 0 aliphatic carbocycles. The molecule has 0 amide bonds. The van der Waals surface area contributed by atoms with Gasteiger partial charge in [0, 0.05) is 31.3 Å². The Labute approximate surface area is 123 Å². The fourth-order valence-electron chi connectivity index (χ4n) is 2.74. The molecule has 1 aromatic rings. The third-order valence-corrected chi connectivity index (χ3v) is 3.91. The average molecular weight is 292 g/mol. The van der Waals surface area contributed by atoms with Crippen LogP contribution in [0.2, 0.25) is 0 Å². The van der Waals surface area contributed by atoms with Crippen LogP contribution < -0.4 is 0 Å². The number of rotatable bonds is 5. The van der Waals surface area contributed by atoms with Crippen LogP contribution >= 0.6 is 0 Å². The summed E-state index contributed by atoms with van der Waals surface area (Å²) in [4.78, 5) is 24.1. The molecular formula is C15H20N2O4. The highest BCUT2D eigenvalue weighted by Gasteiger charge is 2.25. The molecule has 0 spiro atoms. The minimum atomic E-state index is -0.370. The number of nitro benzene ring substituents is 1. The molecule has 21 heavy (non-hydrogen) atoms. The normalized spacial score (nSPS) is 18.1. The Morgan fingerprint density at radius 1 is 1.52 bits per heavy atom. The lowest BCUT2D eigenvalue weighted by molar-refractivity contribution is -0.385. The number of benzene rings is 1. The number of ether oxygens (including phenoxy) is 1. The lowest BCUT2D eigenvalue weighted by Crippen LogP contribution is -2.35. The van der Waals surface area contributed by atoms with E-state index in [2.05, 4.69) is 4.90 Å². The van der Waals surface area contributed by atoms with Gasteiger partial charge < -0.3 is 4.74 Å². The van der Waals surface area contributed by atoms with E-state index in [0.717, 1.165) is 24.1 Å². The molecule has 1 heterocycles. The number of fused-ring (bicyclic) bond motifs is 1. The van der Waals surface area contributed by atoms with Crippen LogP contribution in [0.5, 0.6) is 0 Å². The number of nitro groups is 1. The highest BCUT2D eigenvalue weighted by atomic mass is 16.6. The van der Waals surface area contributed by atoms with Crippen molar-refractivity contribution in [3.8, 4) is 0 Å². The Balaban J connectivity index is 2.08. The summed E-state index contributed by atoms with van der Waals surface area (Å²) >= 11 is 0. The second kappa shape index (κ2) is 6.67. The number of esters is 1. The lowest BCUT2D eigenvalue weighted by atomic mass is 9.93. The van der Waals surface area contributed by atoms with Gasteiger partial charge in [0.15, 0.2) is 0 Å². The van der Waals surface area contributed by atoms with Gasteiger partial charge in [-0.05, 0) is 31.4 Å². The van der Waals surface area contributed by atoms with Crippen LogP contribution in [-0.4, -0.2) is 35.5 Å². The van der Waals surface area contributed by atoms with Crippen molar-refractivity contribution in [2.45, 2.75) is 32.7 Å².